The van der Waals surface area contributed by atoms with Gasteiger partial charge in [-0.15, -0.1) is 0 Å². The van der Waals surface area contributed by atoms with Gasteiger partial charge >= 0.3 is 12.1 Å². The Labute approximate surface area is 211 Å². The second-order valence-electron chi connectivity index (χ2n) is 10.1. The monoisotopic (exact) mass is 498 g/mol. The first-order valence-corrected chi connectivity index (χ1v) is 11.6. The first-order valence-electron chi connectivity index (χ1n) is 11.6. The maximum absolute atomic E-state index is 12.8. The lowest BCUT2D eigenvalue weighted by atomic mass is 9.94. The Morgan fingerprint density at radius 3 is 2.31 bits per heavy atom. The van der Waals surface area contributed by atoms with E-state index in [1.54, 1.807) is 58.9 Å². The fraction of sp³-hybridized carbons (Fsp3) is 0.519. The number of benzene rings is 1. The molecule has 2 rings (SSSR count). The fourth-order valence-corrected chi connectivity index (χ4v) is 3.38. The molecule has 36 heavy (non-hydrogen) atoms. The Kier molecular flexibility index (Phi) is 9.52. The largest absolute Gasteiger partial charge is 0.467 e. The Morgan fingerprint density at radius 1 is 1.11 bits per heavy atom. The van der Waals surface area contributed by atoms with Crippen molar-refractivity contribution in [3.63, 3.8) is 0 Å². The number of alkyl carbamates (subject to hydrolysis) is 1. The minimum absolute atomic E-state index is 0.000208. The van der Waals surface area contributed by atoms with E-state index in [0.717, 1.165) is 6.42 Å². The van der Waals surface area contributed by atoms with Gasteiger partial charge in [-0.05, 0) is 77.1 Å². The van der Waals surface area contributed by atoms with Gasteiger partial charge in [0.1, 0.15) is 11.6 Å². The van der Waals surface area contributed by atoms with Crippen molar-refractivity contribution in [3.8, 4) is 23.7 Å². The highest BCUT2D eigenvalue weighted by Gasteiger charge is 2.41. The molecule has 9 heteroatoms. The summed E-state index contributed by atoms with van der Waals surface area (Å²) >= 11 is 0. The zero-order valence-electron chi connectivity index (χ0n) is 21.5. The molecule has 0 aliphatic heterocycles. The number of amides is 2. The van der Waals surface area contributed by atoms with Crippen LogP contribution in [0.5, 0.6) is 0 Å². The summed E-state index contributed by atoms with van der Waals surface area (Å²) in [4.78, 5) is 37.5. The Hall–Kier alpha value is -3.53. The van der Waals surface area contributed by atoms with Crippen LogP contribution in [0, 0.1) is 35.5 Å². The molecule has 1 saturated carbocycles. The molecule has 0 spiro atoms. The van der Waals surface area contributed by atoms with Crippen LogP contribution < -0.4 is 10.6 Å². The topological polar surface area (TPSA) is 134 Å². The number of esters is 1. The summed E-state index contributed by atoms with van der Waals surface area (Å²) in [6.07, 6.45) is -0.728. The number of rotatable bonds is 7. The summed E-state index contributed by atoms with van der Waals surface area (Å²) in [5.74, 6) is 10.1. The number of methoxy groups -OCH3 is 1. The van der Waals surface area contributed by atoms with Gasteiger partial charge < -0.3 is 30.3 Å². The lowest BCUT2D eigenvalue weighted by Gasteiger charge is -2.34. The van der Waals surface area contributed by atoms with Crippen LogP contribution in [0.1, 0.15) is 57.0 Å². The summed E-state index contributed by atoms with van der Waals surface area (Å²) in [6.45, 7) is 8.03. The van der Waals surface area contributed by atoms with Crippen molar-refractivity contribution in [2.75, 3.05) is 13.7 Å². The van der Waals surface area contributed by atoms with Crippen molar-refractivity contribution in [3.05, 3.63) is 35.4 Å². The smallest absolute Gasteiger partial charge is 0.408 e. The number of aliphatic hydroxyl groups excluding tert-OH is 2. The summed E-state index contributed by atoms with van der Waals surface area (Å²) in [5.41, 5.74) is -1.03. The molecule has 0 radical (unpaired) electrons. The number of nitrogens with one attached hydrogen (secondary N) is 2. The van der Waals surface area contributed by atoms with Crippen molar-refractivity contribution < 1.29 is 34.1 Å². The predicted molar refractivity (Wildman–Crippen MR) is 133 cm³/mol. The van der Waals surface area contributed by atoms with Crippen molar-refractivity contribution in [1.29, 1.82) is 0 Å². The zero-order valence-corrected chi connectivity index (χ0v) is 21.5. The highest BCUT2D eigenvalue weighted by Crippen LogP contribution is 2.40. The van der Waals surface area contributed by atoms with E-state index in [2.05, 4.69) is 34.3 Å². The molecule has 0 heterocycles. The van der Waals surface area contributed by atoms with E-state index in [4.69, 9.17) is 14.6 Å². The third-order valence-electron chi connectivity index (χ3n) is 5.45. The van der Waals surface area contributed by atoms with E-state index < -0.39 is 41.3 Å². The second-order valence-corrected chi connectivity index (χ2v) is 10.1. The zero-order chi connectivity index (χ0) is 27.1. The van der Waals surface area contributed by atoms with Crippen LogP contribution in [-0.4, -0.2) is 65.2 Å². The lowest BCUT2D eigenvalue weighted by molar-refractivity contribution is -0.144. The van der Waals surface area contributed by atoms with Crippen LogP contribution in [-0.2, 0) is 14.3 Å². The molecule has 0 aromatic heterocycles. The van der Waals surface area contributed by atoms with Gasteiger partial charge in [0, 0.05) is 23.0 Å². The predicted octanol–water partition coefficient (Wildman–Crippen LogP) is 1.61. The molecule has 1 aromatic rings. The third-order valence-corrected chi connectivity index (χ3v) is 5.45. The molecule has 1 aliphatic rings. The molecule has 1 aromatic carbocycles. The van der Waals surface area contributed by atoms with Gasteiger partial charge in [0.25, 0.3) is 5.91 Å². The van der Waals surface area contributed by atoms with Gasteiger partial charge in [0.05, 0.1) is 25.4 Å². The second kappa shape index (κ2) is 11.9. The Morgan fingerprint density at radius 2 is 1.75 bits per heavy atom. The highest BCUT2D eigenvalue weighted by molar-refractivity contribution is 5.97. The summed E-state index contributed by atoms with van der Waals surface area (Å²) in [5, 5.41) is 23.7. The van der Waals surface area contributed by atoms with Crippen LogP contribution in [0.15, 0.2) is 24.3 Å². The Balaban J connectivity index is 2.04. The first kappa shape index (κ1) is 28.7. The van der Waals surface area contributed by atoms with E-state index >= 15 is 0 Å². The van der Waals surface area contributed by atoms with Gasteiger partial charge in [-0.25, -0.2) is 9.59 Å². The molecule has 9 nitrogen and oxygen atoms in total. The van der Waals surface area contributed by atoms with E-state index in [0.29, 0.717) is 5.56 Å². The number of hydrogen-bond acceptors (Lipinski definition) is 7. The van der Waals surface area contributed by atoms with E-state index in [9.17, 15) is 19.5 Å². The number of aliphatic hydroxyl groups is 2. The summed E-state index contributed by atoms with van der Waals surface area (Å²) in [6, 6.07) is 5.23. The molecule has 194 valence electrons. The van der Waals surface area contributed by atoms with Crippen molar-refractivity contribution in [2.24, 2.45) is 11.8 Å². The van der Waals surface area contributed by atoms with Crippen LogP contribution in [0.4, 0.5) is 4.79 Å². The van der Waals surface area contributed by atoms with Crippen LogP contribution >= 0.6 is 0 Å². The molecule has 2 unspecified atom stereocenters. The normalized spacial score (nSPS) is 18.2. The van der Waals surface area contributed by atoms with E-state index in [1.165, 1.54) is 7.11 Å². The third kappa shape index (κ3) is 8.60. The molecule has 4 N–H and O–H groups in total. The molecule has 1 fully saturated rings. The average Bonchev–Trinajstić information content (AvgIpc) is 3.57. The molecule has 1 aliphatic carbocycles. The molecular formula is C27H34N2O7. The molecule has 4 atom stereocenters. The SMILES string of the molecule is COC(=O)C(NC(=O)c1ccc(C#CC#C[C@@H]2C[C@H]2C(O)CO)cc1)C(C)(C)NC(=O)OC(C)(C)C. The minimum atomic E-state index is -1.22. The molecular weight excluding hydrogens is 464 g/mol. The summed E-state index contributed by atoms with van der Waals surface area (Å²) in [7, 11) is 1.19. The van der Waals surface area contributed by atoms with Crippen molar-refractivity contribution in [1.82, 2.24) is 10.6 Å². The number of ether oxygens (including phenoxy) is 2. The van der Waals surface area contributed by atoms with Gasteiger partial charge in [0.15, 0.2) is 0 Å². The van der Waals surface area contributed by atoms with Crippen molar-refractivity contribution in [2.45, 2.75) is 64.3 Å². The van der Waals surface area contributed by atoms with Crippen LogP contribution in [0.3, 0.4) is 0 Å². The van der Waals surface area contributed by atoms with Gasteiger partial charge in [0.2, 0.25) is 0 Å². The van der Waals surface area contributed by atoms with E-state index in [-0.39, 0.29) is 24.0 Å². The maximum Gasteiger partial charge on any atom is 0.408 e. The van der Waals surface area contributed by atoms with Gasteiger partial charge in [-0.2, -0.15) is 0 Å². The number of hydrogen-bond donors (Lipinski definition) is 4. The quantitative estimate of drug-likeness (QED) is 0.331. The Bertz CT molecular complexity index is 1080. The molecule has 0 bridgehead atoms. The fourth-order valence-electron chi connectivity index (χ4n) is 3.38. The lowest BCUT2D eigenvalue weighted by Crippen LogP contribution is -2.62. The molecule has 0 saturated heterocycles. The number of carbonyl (C=O) groups excluding carboxylic acids is 3. The number of carbonyl (C=O) groups is 3. The maximum atomic E-state index is 12.8. The van der Waals surface area contributed by atoms with Gasteiger partial charge in [-0.3, -0.25) is 4.79 Å². The first-order chi connectivity index (χ1) is 16.8. The summed E-state index contributed by atoms with van der Waals surface area (Å²) < 4.78 is 10.1. The van der Waals surface area contributed by atoms with E-state index in [1.807, 2.05) is 0 Å². The average molecular weight is 499 g/mol. The van der Waals surface area contributed by atoms with Crippen LogP contribution in [0.2, 0.25) is 0 Å². The highest BCUT2D eigenvalue weighted by atomic mass is 16.6. The van der Waals surface area contributed by atoms with Crippen molar-refractivity contribution >= 4 is 18.0 Å². The van der Waals surface area contributed by atoms with Crippen LogP contribution in [0.25, 0.3) is 0 Å². The standard InChI is InChI=1S/C27H34N2O7/c1-26(2,3)36-25(34)29-27(4,5)22(24(33)35-6)28-23(32)18-13-11-17(12-14-18)9-7-8-10-19-15-20(19)21(31)16-30/h11-14,19-22,30-31H,15-16H2,1-6H3,(H,28,32)(H,29,34)/t19-,20-,21?,22?/m1/s1. The minimum Gasteiger partial charge on any atom is -0.467 e. The molecule has 2 amide bonds. The van der Waals surface area contributed by atoms with Gasteiger partial charge in [-0.1, -0.05) is 11.8 Å².